The molecule has 0 amide bonds. The second kappa shape index (κ2) is 3.02. The topological polar surface area (TPSA) is 0 Å². The number of hydrogen-bond acceptors (Lipinski definition) is 1. The maximum atomic E-state index is 3.81. The third kappa shape index (κ3) is 1.55. The number of rotatable bonds is 2. The van der Waals surface area contributed by atoms with Gasteiger partial charge >= 0.3 is 0 Å². The molecule has 0 aliphatic rings. The van der Waals surface area contributed by atoms with Crippen molar-refractivity contribution in [2.24, 2.45) is 0 Å². The quantitative estimate of drug-likeness (QED) is 0.591. The maximum absolute atomic E-state index is 3.81. The van der Waals surface area contributed by atoms with Crippen LogP contribution in [0.5, 0.6) is 0 Å². The van der Waals surface area contributed by atoms with Gasteiger partial charge in [0.1, 0.15) is 0 Å². The summed E-state index contributed by atoms with van der Waals surface area (Å²) in [6.45, 7) is 5.96. The van der Waals surface area contributed by atoms with Crippen LogP contribution in [0.25, 0.3) is 0 Å². The van der Waals surface area contributed by atoms with Gasteiger partial charge in [-0.15, -0.1) is 11.3 Å². The summed E-state index contributed by atoms with van der Waals surface area (Å²) < 4.78 is 0. The third-order valence-electron chi connectivity index (χ3n) is 1.37. The highest BCUT2D eigenvalue weighted by atomic mass is 32.1. The van der Waals surface area contributed by atoms with Crippen LogP contribution in [-0.4, -0.2) is 0 Å². The van der Waals surface area contributed by atoms with Crippen LogP contribution in [0.4, 0.5) is 0 Å². The molecule has 1 heterocycles. The average Bonchev–Trinajstić information content (AvgIpc) is 2.18. The van der Waals surface area contributed by atoms with Crippen molar-refractivity contribution in [1.29, 1.82) is 0 Å². The van der Waals surface area contributed by atoms with Gasteiger partial charge in [0.25, 0.3) is 0 Å². The van der Waals surface area contributed by atoms with E-state index in [0.29, 0.717) is 0 Å². The minimum absolute atomic E-state index is 1.02. The highest BCUT2D eigenvalue weighted by Crippen LogP contribution is 2.16. The van der Waals surface area contributed by atoms with Crippen LogP contribution in [-0.2, 0) is 6.42 Å². The molecule has 0 aliphatic heterocycles. The van der Waals surface area contributed by atoms with E-state index in [1.807, 2.05) is 11.3 Å². The fourth-order valence-corrected chi connectivity index (χ4v) is 1.77. The van der Waals surface area contributed by atoms with Gasteiger partial charge in [-0.05, 0) is 36.8 Å². The predicted octanol–water partition coefficient (Wildman–Crippen LogP) is 2.82. The summed E-state index contributed by atoms with van der Waals surface area (Å²) in [5, 5.41) is 2.14. The van der Waals surface area contributed by atoms with Crippen molar-refractivity contribution in [2.45, 2.75) is 19.8 Å². The summed E-state index contributed by atoms with van der Waals surface area (Å²) in [7, 11) is 0. The predicted molar refractivity (Wildman–Crippen MR) is 42.7 cm³/mol. The van der Waals surface area contributed by atoms with Crippen molar-refractivity contribution in [3.8, 4) is 0 Å². The Kier molecular flexibility index (Phi) is 2.29. The Bertz CT molecular complexity index is 176. The van der Waals surface area contributed by atoms with Gasteiger partial charge < -0.3 is 0 Å². The molecule has 1 radical (unpaired) electrons. The first-order valence-corrected chi connectivity index (χ1v) is 4.05. The molecule has 0 aliphatic carbocycles. The first-order chi connectivity index (χ1) is 4.34. The van der Waals surface area contributed by atoms with Crippen LogP contribution in [0.3, 0.4) is 0 Å². The van der Waals surface area contributed by atoms with Crippen LogP contribution < -0.4 is 0 Å². The SMILES string of the molecule is [CH2]CCc1sccc1C. The molecule has 0 unspecified atom stereocenters. The Balaban J connectivity index is 2.69. The molecule has 0 bridgehead atoms. The van der Waals surface area contributed by atoms with Crippen molar-refractivity contribution < 1.29 is 0 Å². The van der Waals surface area contributed by atoms with Crippen molar-refractivity contribution in [1.82, 2.24) is 0 Å². The van der Waals surface area contributed by atoms with Crippen LogP contribution in [0, 0.1) is 13.8 Å². The van der Waals surface area contributed by atoms with Crippen LogP contribution >= 0.6 is 11.3 Å². The molecule has 0 saturated carbocycles. The monoisotopic (exact) mass is 139 g/mol. The van der Waals surface area contributed by atoms with E-state index in [4.69, 9.17) is 0 Å². The molecule has 0 aromatic carbocycles. The summed E-state index contributed by atoms with van der Waals surface area (Å²) >= 11 is 1.83. The Labute approximate surface area is 60.5 Å². The molecule has 1 aromatic rings. The molecule has 0 atom stereocenters. The highest BCUT2D eigenvalue weighted by Gasteiger charge is 1.95. The van der Waals surface area contributed by atoms with E-state index < -0.39 is 0 Å². The smallest absolute Gasteiger partial charge is 0.00743 e. The summed E-state index contributed by atoms with van der Waals surface area (Å²) in [6, 6.07) is 2.16. The number of hydrogen-bond donors (Lipinski definition) is 0. The molecule has 49 valence electrons. The van der Waals surface area contributed by atoms with Gasteiger partial charge in [0.2, 0.25) is 0 Å². The van der Waals surface area contributed by atoms with E-state index in [-0.39, 0.29) is 0 Å². The van der Waals surface area contributed by atoms with Crippen molar-refractivity contribution in [3.05, 3.63) is 28.8 Å². The van der Waals surface area contributed by atoms with Crippen molar-refractivity contribution >= 4 is 11.3 Å². The van der Waals surface area contributed by atoms with Gasteiger partial charge in [0.05, 0.1) is 0 Å². The fraction of sp³-hybridized carbons (Fsp3) is 0.375. The molecule has 9 heavy (non-hydrogen) atoms. The van der Waals surface area contributed by atoms with E-state index in [1.54, 1.807) is 0 Å². The summed E-state index contributed by atoms with van der Waals surface area (Å²) in [4.78, 5) is 1.49. The van der Waals surface area contributed by atoms with Crippen LogP contribution in [0.15, 0.2) is 11.4 Å². The Hall–Kier alpha value is -0.300. The molecule has 0 spiro atoms. The van der Waals surface area contributed by atoms with E-state index in [2.05, 4.69) is 25.3 Å². The fourth-order valence-electron chi connectivity index (χ4n) is 0.821. The molecular formula is C8H11S. The van der Waals surface area contributed by atoms with Gasteiger partial charge in [0.15, 0.2) is 0 Å². The second-order valence-corrected chi connectivity index (χ2v) is 3.13. The number of thiophene rings is 1. The molecule has 1 heteroatoms. The zero-order valence-electron chi connectivity index (χ0n) is 5.68. The Morgan fingerprint density at radius 1 is 1.67 bits per heavy atom. The van der Waals surface area contributed by atoms with Gasteiger partial charge in [-0.2, -0.15) is 0 Å². The summed E-state index contributed by atoms with van der Waals surface area (Å²) in [5.74, 6) is 0. The highest BCUT2D eigenvalue weighted by molar-refractivity contribution is 7.10. The standard InChI is InChI=1S/C8H11S/c1-3-4-8-7(2)5-6-9-8/h5-6H,1,3-4H2,2H3. The van der Waals surface area contributed by atoms with Crippen molar-refractivity contribution in [3.63, 3.8) is 0 Å². The lowest BCUT2D eigenvalue weighted by Crippen LogP contribution is -1.78. The molecule has 1 aromatic heterocycles. The lowest BCUT2D eigenvalue weighted by atomic mass is 10.2. The minimum atomic E-state index is 1.02. The number of aryl methyl sites for hydroxylation is 2. The third-order valence-corrected chi connectivity index (χ3v) is 2.45. The molecule has 1 rings (SSSR count). The first kappa shape index (κ1) is 6.81. The molecule has 0 nitrogen and oxygen atoms in total. The molecule has 0 N–H and O–H groups in total. The van der Waals surface area contributed by atoms with Crippen LogP contribution in [0.1, 0.15) is 16.9 Å². The van der Waals surface area contributed by atoms with Gasteiger partial charge in [-0.1, -0.05) is 6.92 Å². The summed E-state index contributed by atoms with van der Waals surface area (Å²) in [6.07, 6.45) is 2.16. The maximum Gasteiger partial charge on any atom is 0.00743 e. The second-order valence-electron chi connectivity index (χ2n) is 2.13. The van der Waals surface area contributed by atoms with E-state index in [1.165, 1.54) is 10.4 Å². The lowest BCUT2D eigenvalue weighted by Gasteiger charge is -1.92. The van der Waals surface area contributed by atoms with Gasteiger partial charge in [-0.3, -0.25) is 0 Å². The summed E-state index contributed by atoms with van der Waals surface area (Å²) in [5.41, 5.74) is 1.42. The average molecular weight is 139 g/mol. The van der Waals surface area contributed by atoms with Crippen LogP contribution in [0.2, 0.25) is 0 Å². The Morgan fingerprint density at radius 3 is 2.89 bits per heavy atom. The zero-order chi connectivity index (χ0) is 6.69. The molecule has 0 fully saturated rings. The zero-order valence-corrected chi connectivity index (χ0v) is 6.50. The first-order valence-electron chi connectivity index (χ1n) is 3.17. The van der Waals surface area contributed by atoms with Gasteiger partial charge in [0, 0.05) is 4.88 Å². The van der Waals surface area contributed by atoms with E-state index in [9.17, 15) is 0 Å². The van der Waals surface area contributed by atoms with E-state index >= 15 is 0 Å². The van der Waals surface area contributed by atoms with Gasteiger partial charge in [-0.25, -0.2) is 0 Å². The molecular weight excluding hydrogens is 128 g/mol. The molecule has 0 saturated heterocycles. The largest absolute Gasteiger partial charge is 0.149 e. The lowest BCUT2D eigenvalue weighted by molar-refractivity contribution is 1.01. The van der Waals surface area contributed by atoms with E-state index in [0.717, 1.165) is 12.8 Å². The Morgan fingerprint density at radius 2 is 2.44 bits per heavy atom. The van der Waals surface area contributed by atoms with Crippen molar-refractivity contribution in [2.75, 3.05) is 0 Å². The normalized spacial score (nSPS) is 10.0. The minimum Gasteiger partial charge on any atom is -0.149 e.